The van der Waals surface area contributed by atoms with Gasteiger partial charge >= 0.3 is 0 Å². The zero-order valence-electron chi connectivity index (χ0n) is 15.3. The van der Waals surface area contributed by atoms with Gasteiger partial charge in [-0.05, 0) is 37.3 Å². The van der Waals surface area contributed by atoms with Crippen LogP contribution >= 0.6 is 11.6 Å². The highest BCUT2D eigenvalue weighted by Gasteiger charge is 2.16. The predicted octanol–water partition coefficient (Wildman–Crippen LogP) is 4.34. The Bertz CT molecular complexity index is 1170. The van der Waals surface area contributed by atoms with E-state index in [1.54, 1.807) is 17.7 Å². The van der Waals surface area contributed by atoms with Gasteiger partial charge in [-0.15, -0.1) is 0 Å². The molecule has 0 aliphatic rings. The molecule has 2 heterocycles. The largest absolute Gasteiger partial charge is 0.334 e. The van der Waals surface area contributed by atoms with Gasteiger partial charge in [0.05, 0.1) is 5.02 Å². The van der Waals surface area contributed by atoms with Crippen LogP contribution in [0.3, 0.4) is 0 Å². The van der Waals surface area contributed by atoms with Gasteiger partial charge in [0.2, 0.25) is 11.7 Å². The van der Waals surface area contributed by atoms with Gasteiger partial charge in [-0.2, -0.15) is 4.98 Å². The summed E-state index contributed by atoms with van der Waals surface area (Å²) in [7, 11) is 0. The lowest BCUT2D eigenvalue weighted by Crippen LogP contribution is -2.19. The maximum absolute atomic E-state index is 13.2. The van der Waals surface area contributed by atoms with Crippen LogP contribution in [0.25, 0.3) is 23.0 Å². The van der Waals surface area contributed by atoms with Crippen molar-refractivity contribution in [3.63, 3.8) is 0 Å². The average molecular weight is 412 g/mol. The van der Waals surface area contributed by atoms with E-state index < -0.39 is 5.82 Å². The summed E-state index contributed by atoms with van der Waals surface area (Å²) in [4.78, 5) is 21.1. The van der Waals surface area contributed by atoms with E-state index in [9.17, 15) is 9.18 Å². The van der Waals surface area contributed by atoms with Crippen LogP contribution < -0.4 is 5.32 Å². The van der Waals surface area contributed by atoms with Crippen molar-refractivity contribution < 1.29 is 13.7 Å². The number of hydrogen-bond donors (Lipinski definition) is 1. The topological polar surface area (TPSA) is 85.8 Å². The monoisotopic (exact) mass is 411 g/mol. The fourth-order valence-electron chi connectivity index (χ4n) is 2.73. The van der Waals surface area contributed by atoms with Gasteiger partial charge < -0.3 is 14.4 Å². The van der Waals surface area contributed by atoms with Gasteiger partial charge in [0.25, 0.3) is 5.89 Å². The molecule has 29 heavy (non-hydrogen) atoms. The van der Waals surface area contributed by atoms with Crippen LogP contribution in [0.2, 0.25) is 5.02 Å². The lowest BCUT2D eigenvalue weighted by atomic mass is 10.2. The number of imidazole rings is 1. The molecule has 0 atom stereocenters. The van der Waals surface area contributed by atoms with Gasteiger partial charge in [0.1, 0.15) is 23.9 Å². The number of benzene rings is 2. The predicted molar refractivity (Wildman–Crippen MR) is 106 cm³/mol. The molecule has 4 rings (SSSR count). The Balaban J connectivity index is 1.49. The highest BCUT2D eigenvalue weighted by Crippen LogP contribution is 2.22. The molecule has 0 saturated heterocycles. The van der Waals surface area contributed by atoms with E-state index >= 15 is 0 Å². The van der Waals surface area contributed by atoms with Crippen LogP contribution in [0.15, 0.2) is 59.3 Å². The Kier molecular flexibility index (Phi) is 5.09. The minimum absolute atomic E-state index is 0.0111. The molecule has 4 aromatic rings. The molecular formula is C20H15ClFN5O2. The van der Waals surface area contributed by atoms with Gasteiger partial charge in [-0.3, -0.25) is 4.79 Å². The molecule has 0 unspecified atom stereocenters. The number of halogens is 2. The smallest absolute Gasteiger partial charge is 0.258 e. The molecule has 0 spiro atoms. The summed E-state index contributed by atoms with van der Waals surface area (Å²) in [5, 5.41) is 6.58. The van der Waals surface area contributed by atoms with Crippen molar-refractivity contribution in [3.05, 3.63) is 71.4 Å². The maximum atomic E-state index is 13.2. The third-order valence-corrected chi connectivity index (χ3v) is 4.46. The average Bonchev–Trinajstić information content (AvgIpc) is 3.33. The second-order valence-electron chi connectivity index (χ2n) is 6.27. The highest BCUT2D eigenvalue weighted by atomic mass is 35.5. The summed E-state index contributed by atoms with van der Waals surface area (Å²) in [6, 6.07) is 13.4. The van der Waals surface area contributed by atoms with Gasteiger partial charge in [0, 0.05) is 17.4 Å². The number of amides is 1. The van der Waals surface area contributed by atoms with E-state index in [2.05, 4.69) is 20.4 Å². The number of carbonyl (C=O) groups is 1. The zero-order chi connectivity index (χ0) is 20.4. The summed E-state index contributed by atoms with van der Waals surface area (Å²) in [5.41, 5.74) is 1.70. The van der Waals surface area contributed by atoms with Crippen LogP contribution in [0, 0.1) is 12.7 Å². The minimum atomic E-state index is -0.547. The SMILES string of the molecule is Cc1nc(-c2noc(-c3ccccc3)n2)cn1CC(=O)Nc1ccc(F)c(Cl)c1. The molecule has 0 saturated carbocycles. The standard InChI is InChI=1S/C20H15ClFN5O2/c1-12-23-17(19-25-20(29-26-19)13-5-3-2-4-6-13)10-27(12)11-18(28)24-14-7-8-16(22)15(21)9-14/h2-10H,11H2,1H3,(H,24,28). The van der Waals surface area contributed by atoms with Crippen molar-refractivity contribution in [3.8, 4) is 23.0 Å². The molecule has 0 radical (unpaired) electrons. The number of aryl methyl sites for hydroxylation is 1. The van der Waals surface area contributed by atoms with Crippen LogP contribution in [0.1, 0.15) is 5.82 Å². The van der Waals surface area contributed by atoms with Crippen LogP contribution in [-0.2, 0) is 11.3 Å². The fraction of sp³-hybridized carbons (Fsp3) is 0.100. The normalized spacial score (nSPS) is 10.9. The van der Waals surface area contributed by atoms with Gasteiger partial charge in [-0.1, -0.05) is 35.0 Å². The molecular weight excluding hydrogens is 397 g/mol. The van der Waals surface area contributed by atoms with Crippen LogP contribution in [0.5, 0.6) is 0 Å². The Morgan fingerprint density at radius 2 is 2.00 bits per heavy atom. The quantitative estimate of drug-likeness (QED) is 0.528. The molecule has 0 fully saturated rings. The number of nitrogens with one attached hydrogen (secondary N) is 1. The first-order valence-corrected chi connectivity index (χ1v) is 9.05. The summed E-state index contributed by atoms with van der Waals surface area (Å²) >= 11 is 5.74. The van der Waals surface area contributed by atoms with Gasteiger partial charge in [0.15, 0.2) is 0 Å². The number of aromatic nitrogens is 4. The number of rotatable bonds is 5. The van der Waals surface area contributed by atoms with E-state index in [1.165, 1.54) is 18.2 Å². The molecule has 1 amide bonds. The number of nitrogens with zero attached hydrogens (tertiary/aromatic N) is 4. The molecule has 146 valence electrons. The molecule has 2 aromatic carbocycles. The van der Waals surface area contributed by atoms with E-state index in [0.717, 1.165) is 5.56 Å². The van der Waals surface area contributed by atoms with E-state index in [4.69, 9.17) is 16.1 Å². The van der Waals surface area contributed by atoms with Crippen molar-refractivity contribution in [2.45, 2.75) is 13.5 Å². The van der Waals surface area contributed by atoms with Gasteiger partial charge in [-0.25, -0.2) is 9.37 Å². The van der Waals surface area contributed by atoms with E-state index in [1.807, 2.05) is 30.3 Å². The Labute approximate surface area is 170 Å². The molecule has 1 N–H and O–H groups in total. The maximum Gasteiger partial charge on any atom is 0.258 e. The van der Waals surface area contributed by atoms with E-state index in [-0.39, 0.29) is 17.5 Å². The van der Waals surface area contributed by atoms with E-state index in [0.29, 0.717) is 28.9 Å². The second-order valence-corrected chi connectivity index (χ2v) is 6.67. The number of hydrogen-bond acceptors (Lipinski definition) is 5. The van der Waals surface area contributed by atoms with Crippen LogP contribution in [0.4, 0.5) is 10.1 Å². The molecule has 0 bridgehead atoms. The molecule has 7 nitrogen and oxygen atoms in total. The second kappa shape index (κ2) is 7.84. The Hall–Kier alpha value is -3.52. The summed E-state index contributed by atoms with van der Waals surface area (Å²) in [5.74, 6) is 0.473. The summed E-state index contributed by atoms with van der Waals surface area (Å²) in [6.45, 7) is 1.78. The molecule has 0 aliphatic heterocycles. The third kappa shape index (κ3) is 4.17. The zero-order valence-corrected chi connectivity index (χ0v) is 16.0. The Morgan fingerprint density at radius 3 is 2.76 bits per heavy atom. The number of anilines is 1. The van der Waals surface area contributed by atoms with Crippen molar-refractivity contribution in [2.75, 3.05) is 5.32 Å². The lowest BCUT2D eigenvalue weighted by Gasteiger charge is -2.07. The summed E-state index contributed by atoms with van der Waals surface area (Å²) in [6.07, 6.45) is 1.67. The minimum Gasteiger partial charge on any atom is -0.334 e. The van der Waals surface area contributed by atoms with Crippen LogP contribution in [-0.4, -0.2) is 25.6 Å². The first kappa shape index (κ1) is 18.8. The first-order valence-electron chi connectivity index (χ1n) is 8.68. The van der Waals surface area contributed by atoms with Crippen molar-refractivity contribution in [1.29, 1.82) is 0 Å². The van der Waals surface area contributed by atoms with Crippen molar-refractivity contribution in [1.82, 2.24) is 19.7 Å². The first-order chi connectivity index (χ1) is 14.0. The molecule has 9 heteroatoms. The van der Waals surface area contributed by atoms with Crippen molar-refractivity contribution in [2.24, 2.45) is 0 Å². The summed E-state index contributed by atoms with van der Waals surface area (Å²) < 4.78 is 20.2. The third-order valence-electron chi connectivity index (χ3n) is 4.17. The Morgan fingerprint density at radius 1 is 1.21 bits per heavy atom. The van der Waals surface area contributed by atoms with Crippen molar-refractivity contribution >= 4 is 23.2 Å². The fourth-order valence-corrected chi connectivity index (χ4v) is 2.91. The highest BCUT2D eigenvalue weighted by molar-refractivity contribution is 6.31. The number of carbonyl (C=O) groups excluding carboxylic acids is 1. The lowest BCUT2D eigenvalue weighted by molar-refractivity contribution is -0.116. The molecule has 0 aliphatic carbocycles. The molecule has 2 aromatic heterocycles.